The van der Waals surface area contributed by atoms with Gasteiger partial charge in [0.2, 0.25) is 0 Å². The van der Waals surface area contributed by atoms with E-state index in [0.717, 1.165) is 41.2 Å². The Labute approximate surface area is 263 Å². The number of hydrogen-bond acceptors (Lipinski definition) is 7. The second-order valence-corrected chi connectivity index (χ2v) is 12.0. The van der Waals surface area contributed by atoms with Gasteiger partial charge in [-0.3, -0.25) is 14.6 Å². The maximum absolute atomic E-state index is 13.5. The predicted octanol–water partition coefficient (Wildman–Crippen LogP) is 5.33. The second-order valence-electron chi connectivity index (χ2n) is 11.1. The number of carbonyl (C=O) groups is 2. The molecule has 3 atom stereocenters. The first kappa shape index (κ1) is 32.3. The minimum absolute atomic E-state index is 0.0113. The zero-order valence-corrected chi connectivity index (χ0v) is 25.4. The van der Waals surface area contributed by atoms with Crippen LogP contribution in [0.2, 0.25) is 0 Å². The number of nitrogens with zero attached hydrogens (tertiary/aromatic N) is 3. The minimum Gasteiger partial charge on any atom is -0.390 e. The lowest BCUT2D eigenvalue weighted by Crippen LogP contribution is -2.48. The standard InChI is InChI=1S/C33H34F3N5O3S/c1-21-20-45-31(39-21)28-11-6-12-41(28)32(44)25-15-24(17-38-18-25)30(43)40-27(14-22-7-3-2-4-8-22)29(42)19-37-16-23-9-5-10-26(13-23)33(34,35)36/h2-5,7-10,13,15,17-18,20,27-29,37,42H,6,11-12,14,16,19H2,1H3,(H,40,43)/t27-,28+,29+/m0/s1. The number of aliphatic hydroxyl groups excluding tert-OH is 1. The molecule has 0 bridgehead atoms. The fourth-order valence-corrected chi connectivity index (χ4v) is 6.35. The molecule has 5 rings (SSSR count). The number of aliphatic hydroxyl groups is 1. The van der Waals surface area contributed by atoms with Crippen molar-refractivity contribution in [2.75, 3.05) is 13.1 Å². The third-order valence-electron chi connectivity index (χ3n) is 7.70. The van der Waals surface area contributed by atoms with Crippen LogP contribution in [0.5, 0.6) is 0 Å². The van der Waals surface area contributed by atoms with Crippen molar-refractivity contribution in [3.05, 3.63) is 117 Å². The maximum atomic E-state index is 13.5. The smallest absolute Gasteiger partial charge is 0.390 e. The van der Waals surface area contributed by atoms with E-state index in [1.807, 2.05) is 42.6 Å². The summed E-state index contributed by atoms with van der Waals surface area (Å²) in [5.41, 5.74) is 1.91. The van der Waals surface area contributed by atoms with Crippen molar-refractivity contribution in [3.63, 3.8) is 0 Å². The molecule has 1 saturated heterocycles. The van der Waals surface area contributed by atoms with Crippen LogP contribution in [-0.4, -0.2) is 57.0 Å². The number of rotatable bonds is 11. The Kier molecular flexibility index (Phi) is 10.3. The molecule has 236 valence electrons. The molecule has 0 radical (unpaired) electrons. The zero-order chi connectivity index (χ0) is 32.0. The van der Waals surface area contributed by atoms with Gasteiger partial charge in [-0.1, -0.05) is 48.5 Å². The van der Waals surface area contributed by atoms with Crippen molar-refractivity contribution in [2.24, 2.45) is 0 Å². The number of aryl methyl sites for hydroxylation is 1. The Morgan fingerprint density at radius 1 is 1.07 bits per heavy atom. The van der Waals surface area contributed by atoms with Crippen LogP contribution in [0.25, 0.3) is 0 Å². The Hall–Kier alpha value is -4.13. The third kappa shape index (κ3) is 8.33. The van der Waals surface area contributed by atoms with Crippen LogP contribution in [0.15, 0.2) is 78.4 Å². The van der Waals surface area contributed by atoms with Gasteiger partial charge in [0.15, 0.2) is 0 Å². The van der Waals surface area contributed by atoms with E-state index in [9.17, 15) is 27.9 Å². The van der Waals surface area contributed by atoms with Gasteiger partial charge in [0, 0.05) is 43.1 Å². The number of alkyl halides is 3. The van der Waals surface area contributed by atoms with Gasteiger partial charge in [-0.2, -0.15) is 13.2 Å². The molecule has 3 N–H and O–H groups in total. The Morgan fingerprint density at radius 2 is 1.82 bits per heavy atom. The summed E-state index contributed by atoms with van der Waals surface area (Å²) >= 11 is 1.53. The Bertz CT molecular complexity index is 1610. The lowest BCUT2D eigenvalue weighted by atomic mass is 10.00. The van der Waals surface area contributed by atoms with Crippen LogP contribution in [-0.2, 0) is 19.1 Å². The molecule has 0 aliphatic carbocycles. The third-order valence-corrected chi connectivity index (χ3v) is 8.76. The number of likely N-dealkylation sites (tertiary alicyclic amines) is 1. The van der Waals surface area contributed by atoms with E-state index in [-0.39, 0.29) is 36.2 Å². The summed E-state index contributed by atoms with van der Waals surface area (Å²) in [5, 5.41) is 19.8. The molecule has 3 heterocycles. The molecular weight excluding hydrogens is 603 g/mol. The fraction of sp³-hybridized carbons (Fsp3) is 0.333. The number of carbonyl (C=O) groups excluding carboxylic acids is 2. The van der Waals surface area contributed by atoms with Crippen LogP contribution in [0, 0.1) is 6.92 Å². The van der Waals surface area contributed by atoms with E-state index >= 15 is 0 Å². The lowest BCUT2D eigenvalue weighted by Gasteiger charge is -2.25. The van der Waals surface area contributed by atoms with E-state index in [1.54, 1.807) is 11.0 Å². The van der Waals surface area contributed by atoms with E-state index in [0.29, 0.717) is 18.5 Å². The number of hydrogen-bond donors (Lipinski definition) is 3. The number of pyridine rings is 1. The molecular formula is C33H34F3N5O3S. The summed E-state index contributed by atoms with van der Waals surface area (Å²) < 4.78 is 39.3. The van der Waals surface area contributed by atoms with Gasteiger partial charge in [0.25, 0.3) is 11.8 Å². The van der Waals surface area contributed by atoms with E-state index in [2.05, 4.69) is 20.6 Å². The second kappa shape index (κ2) is 14.3. The van der Waals surface area contributed by atoms with Crippen LogP contribution < -0.4 is 10.6 Å². The SMILES string of the molecule is Cc1csc([C@H]2CCCN2C(=O)c2cncc(C(=O)N[C@@H](Cc3ccccc3)[C@H](O)CNCc3cccc(C(F)(F)F)c3)c2)n1. The summed E-state index contributed by atoms with van der Waals surface area (Å²) in [6.45, 7) is 2.61. The number of halogens is 3. The van der Waals surface area contributed by atoms with Gasteiger partial charge < -0.3 is 20.6 Å². The minimum atomic E-state index is -4.45. The van der Waals surface area contributed by atoms with Gasteiger partial charge in [0.1, 0.15) is 5.01 Å². The molecule has 4 aromatic rings. The number of thiazole rings is 1. The first-order valence-corrected chi connectivity index (χ1v) is 15.5. The number of aromatic nitrogens is 2. The molecule has 1 aliphatic heterocycles. The summed E-state index contributed by atoms with van der Waals surface area (Å²) in [6.07, 6.45) is -0.756. The predicted molar refractivity (Wildman–Crippen MR) is 165 cm³/mol. The average Bonchev–Trinajstić information content (AvgIpc) is 3.70. The van der Waals surface area contributed by atoms with Crippen molar-refractivity contribution in [2.45, 2.75) is 57.1 Å². The summed E-state index contributed by atoms with van der Waals surface area (Å²) in [4.78, 5) is 37.5. The van der Waals surface area contributed by atoms with Gasteiger partial charge in [-0.15, -0.1) is 11.3 Å². The van der Waals surface area contributed by atoms with E-state index in [4.69, 9.17) is 0 Å². The highest BCUT2D eigenvalue weighted by atomic mass is 32.1. The summed E-state index contributed by atoms with van der Waals surface area (Å²) in [6, 6.07) is 14.9. The van der Waals surface area contributed by atoms with Crippen molar-refractivity contribution < 1.29 is 27.9 Å². The normalized spacial score (nSPS) is 16.4. The molecule has 2 amide bonds. The largest absolute Gasteiger partial charge is 0.416 e. The highest BCUT2D eigenvalue weighted by molar-refractivity contribution is 7.09. The quantitative estimate of drug-likeness (QED) is 0.205. The molecule has 2 aromatic carbocycles. The number of amides is 2. The molecule has 2 aromatic heterocycles. The summed E-state index contributed by atoms with van der Waals surface area (Å²) in [7, 11) is 0. The van der Waals surface area contributed by atoms with Crippen LogP contribution in [0.1, 0.15) is 67.0 Å². The molecule has 8 nitrogen and oxygen atoms in total. The highest BCUT2D eigenvalue weighted by Gasteiger charge is 2.33. The number of nitrogens with one attached hydrogen (secondary N) is 2. The van der Waals surface area contributed by atoms with Crippen molar-refractivity contribution in [3.8, 4) is 0 Å². The van der Waals surface area contributed by atoms with Gasteiger partial charge >= 0.3 is 6.18 Å². The monoisotopic (exact) mass is 637 g/mol. The highest BCUT2D eigenvalue weighted by Crippen LogP contribution is 2.35. The van der Waals surface area contributed by atoms with Crippen LogP contribution >= 0.6 is 11.3 Å². The summed E-state index contributed by atoms with van der Waals surface area (Å²) in [5.74, 6) is -0.740. The van der Waals surface area contributed by atoms with Crippen molar-refractivity contribution >= 4 is 23.2 Å². The fourth-order valence-electron chi connectivity index (χ4n) is 5.41. The van der Waals surface area contributed by atoms with Crippen molar-refractivity contribution in [1.82, 2.24) is 25.5 Å². The molecule has 45 heavy (non-hydrogen) atoms. The lowest BCUT2D eigenvalue weighted by molar-refractivity contribution is -0.137. The molecule has 12 heteroatoms. The van der Waals surface area contributed by atoms with E-state index in [1.165, 1.54) is 35.9 Å². The van der Waals surface area contributed by atoms with Gasteiger partial charge in [0.05, 0.1) is 34.9 Å². The van der Waals surface area contributed by atoms with Gasteiger partial charge in [-0.05, 0) is 49.4 Å². The van der Waals surface area contributed by atoms with Crippen molar-refractivity contribution in [1.29, 1.82) is 0 Å². The van der Waals surface area contributed by atoms with Gasteiger partial charge in [-0.25, -0.2) is 4.98 Å². The van der Waals surface area contributed by atoms with Crippen LogP contribution in [0.4, 0.5) is 13.2 Å². The topological polar surface area (TPSA) is 107 Å². The Balaban J connectivity index is 1.26. The Morgan fingerprint density at radius 3 is 2.56 bits per heavy atom. The molecule has 0 unspecified atom stereocenters. The molecule has 1 aliphatic rings. The molecule has 1 fully saturated rings. The maximum Gasteiger partial charge on any atom is 0.416 e. The molecule has 0 saturated carbocycles. The zero-order valence-electron chi connectivity index (χ0n) is 24.6. The van der Waals surface area contributed by atoms with Crippen LogP contribution in [0.3, 0.4) is 0 Å². The first-order chi connectivity index (χ1) is 21.6. The molecule has 0 spiro atoms. The first-order valence-electron chi connectivity index (χ1n) is 14.7. The number of benzene rings is 2. The van der Waals surface area contributed by atoms with E-state index < -0.39 is 29.8 Å². The average molecular weight is 638 g/mol.